The van der Waals surface area contributed by atoms with Gasteiger partial charge in [0.15, 0.2) is 11.4 Å². The van der Waals surface area contributed by atoms with Crippen LogP contribution in [0.5, 0.6) is 0 Å². The molecule has 2 atom stereocenters. The van der Waals surface area contributed by atoms with Gasteiger partial charge in [0, 0.05) is 18.3 Å². The number of halogens is 8. The number of carbonyl (C=O) groups excluding carboxylic acids is 2. The normalized spacial score (nSPS) is 17.5. The summed E-state index contributed by atoms with van der Waals surface area (Å²) in [5.41, 5.74) is -3.46. The van der Waals surface area contributed by atoms with Gasteiger partial charge < -0.3 is 16.0 Å². The first-order valence-electron chi connectivity index (χ1n) is 8.58. The molecule has 0 aromatic carbocycles. The molecule has 0 aliphatic carbocycles. The van der Waals surface area contributed by atoms with E-state index in [1.54, 1.807) is 0 Å². The highest BCUT2D eigenvalue weighted by Gasteiger charge is 2.38. The van der Waals surface area contributed by atoms with Crippen molar-refractivity contribution in [2.24, 2.45) is 0 Å². The molecule has 2 aromatic heterocycles. The molecule has 3 amide bonds. The fourth-order valence-corrected chi connectivity index (χ4v) is 3.31. The Kier molecular flexibility index (Phi) is 6.43. The predicted molar refractivity (Wildman–Crippen MR) is 98.8 cm³/mol. The maximum absolute atomic E-state index is 13.2. The zero-order chi connectivity index (χ0) is 23.8. The molecular formula is C17H11Cl2F6N5O2. The average Bonchev–Trinajstić information content (AvgIpc) is 3.11. The molecule has 32 heavy (non-hydrogen) atoms. The first-order valence-corrected chi connectivity index (χ1v) is 9.34. The van der Waals surface area contributed by atoms with E-state index < -0.39 is 63.5 Å². The summed E-state index contributed by atoms with van der Waals surface area (Å²) in [6.07, 6.45) is -9.12. The highest BCUT2D eigenvalue weighted by Crippen LogP contribution is 2.37. The molecule has 7 nitrogen and oxygen atoms in total. The van der Waals surface area contributed by atoms with E-state index in [4.69, 9.17) is 23.2 Å². The maximum Gasteiger partial charge on any atom is 0.434 e. The van der Waals surface area contributed by atoms with Crippen molar-refractivity contribution >= 4 is 35.1 Å². The highest BCUT2D eigenvalue weighted by atomic mass is 35.5. The van der Waals surface area contributed by atoms with Crippen LogP contribution in [0.4, 0.5) is 31.1 Å². The smallest absolute Gasteiger partial charge is 0.342 e. The lowest BCUT2D eigenvalue weighted by molar-refractivity contribution is -0.142. The Hall–Kier alpha value is -2.80. The van der Waals surface area contributed by atoms with Crippen molar-refractivity contribution in [2.75, 3.05) is 6.54 Å². The summed E-state index contributed by atoms with van der Waals surface area (Å²) < 4.78 is 78.6. The minimum Gasteiger partial charge on any atom is -0.342 e. The molecule has 2 aromatic rings. The highest BCUT2D eigenvalue weighted by molar-refractivity contribution is 6.31. The van der Waals surface area contributed by atoms with Crippen LogP contribution in [0.2, 0.25) is 10.0 Å². The van der Waals surface area contributed by atoms with Crippen LogP contribution in [-0.4, -0.2) is 34.5 Å². The quantitative estimate of drug-likeness (QED) is 0.556. The molecule has 3 N–H and O–H groups in total. The molecule has 1 saturated heterocycles. The maximum atomic E-state index is 13.2. The largest absolute Gasteiger partial charge is 0.434 e. The van der Waals surface area contributed by atoms with Crippen LogP contribution >= 0.6 is 23.2 Å². The van der Waals surface area contributed by atoms with Crippen LogP contribution < -0.4 is 16.0 Å². The fraction of sp³-hybridized carbons (Fsp3) is 0.294. The Balaban J connectivity index is 2.05. The molecule has 0 bridgehead atoms. The minimum atomic E-state index is -4.94. The number of hydrogen-bond acceptors (Lipinski definition) is 4. The Morgan fingerprint density at radius 2 is 1.75 bits per heavy atom. The lowest BCUT2D eigenvalue weighted by Crippen LogP contribution is -2.44. The Labute approximate surface area is 185 Å². The van der Waals surface area contributed by atoms with Gasteiger partial charge in [-0.3, -0.25) is 4.79 Å². The number of nitrogens with zero attached hydrogens (tertiary/aromatic N) is 2. The van der Waals surface area contributed by atoms with Gasteiger partial charge in [-0.1, -0.05) is 23.2 Å². The molecule has 1 unspecified atom stereocenters. The topological polar surface area (TPSA) is 96.0 Å². The third-order valence-electron chi connectivity index (χ3n) is 4.27. The molecule has 172 valence electrons. The van der Waals surface area contributed by atoms with E-state index in [-0.39, 0.29) is 12.1 Å². The van der Waals surface area contributed by atoms with Crippen LogP contribution in [-0.2, 0) is 17.1 Å². The molecule has 3 heterocycles. The average molecular weight is 502 g/mol. The summed E-state index contributed by atoms with van der Waals surface area (Å²) in [5, 5.41) is 5.39. The standard InChI is InChI=1S/C17H11Cl2F6N5O2/c18-7-1-2-9(28-13(7)17(23,24)25)11(30-14(31)10-5-27-15(32)29-10)6-3-8(19)12(26-4-6)16(20,21)22/h1-4,10-11H,5H2,(H,30,31)(H2,27,29,32)/t10-,11?/m0/s1. The summed E-state index contributed by atoms with van der Waals surface area (Å²) in [7, 11) is 0. The van der Waals surface area contributed by atoms with Crippen LogP contribution in [0.3, 0.4) is 0 Å². The molecule has 0 radical (unpaired) electrons. The monoisotopic (exact) mass is 501 g/mol. The number of pyridine rings is 2. The van der Waals surface area contributed by atoms with Gasteiger partial charge in [-0.2, -0.15) is 26.3 Å². The van der Waals surface area contributed by atoms with E-state index in [9.17, 15) is 35.9 Å². The molecule has 15 heteroatoms. The van der Waals surface area contributed by atoms with Crippen molar-refractivity contribution in [3.8, 4) is 0 Å². The second-order valence-corrected chi connectivity index (χ2v) is 7.32. The summed E-state index contributed by atoms with van der Waals surface area (Å²) in [6.45, 7) is -0.120. The predicted octanol–water partition coefficient (Wildman–Crippen LogP) is 3.71. The van der Waals surface area contributed by atoms with Crippen LogP contribution in [0.15, 0.2) is 24.4 Å². The van der Waals surface area contributed by atoms with Gasteiger partial charge in [-0.25, -0.2) is 14.8 Å². The molecule has 1 fully saturated rings. The van der Waals surface area contributed by atoms with Gasteiger partial charge in [0.25, 0.3) is 0 Å². The van der Waals surface area contributed by atoms with E-state index in [1.807, 2.05) is 0 Å². The lowest BCUT2D eigenvalue weighted by atomic mass is 10.0. The Morgan fingerprint density at radius 1 is 1.09 bits per heavy atom. The lowest BCUT2D eigenvalue weighted by Gasteiger charge is -2.22. The van der Waals surface area contributed by atoms with E-state index in [0.29, 0.717) is 6.20 Å². The SMILES string of the molecule is O=C1NC[C@@H](C(=O)NC(c2cnc(C(F)(F)F)c(Cl)c2)c2ccc(Cl)c(C(F)(F)F)n2)N1. The molecule has 0 saturated carbocycles. The number of hydrogen-bond donors (Lipinski definition) is 3. The number of amides is 3. The Bertz CT molecular complexity index is 1060. The number of rotatable bonds is 4. The second-order valence-electron chi connectivity index (χ2n) is 6.51. The number of aromatic nitrogens is 2. The minimum absolute atomic E-state index is 0.120. The molecule has 1 aliphatic rings. The van der Waals surface area contributed by atoms with E-state index in [1.165, 1.54) is 0 Å². The van der Waals surface area contributed by atoms with Gasteiger partial charge in [0.05, 0.1) is 21.8 Å². The van der Waals surface area contributed by atoms with Crippen molar-refractivity contribution in [2.45, 2.75) is 24.4 Å². The number of carbonyl (C=O) groups is 2. The fourth-order valence-electron chi connectivity index (χ4n) is 2.82. The third-order valence-corrected chi connectivity index (χ3v) is 4.86. The zero-order valence-corrected chi connectivity index (χ0v) is 16.9. The van der Waals surface area contributed by atoms with Crippen LogP contribution in [0.1, 0.15) is 28.7 Å². The summed E-state index contributed by atoms with van der Waals surface area (Å²) in [5.74, 6) is -0.838. The molecule has 1 aliphatic heterocycles. The summed E-state index contributed by atoms with van der Waals surface area (Å²) in [4.78, 5) is 30.5. The molecule has 0 spiro atoms. The summed E-state index contributed by atoms with van der Waals surface area (Å²) >= 11 is 11.2. The molecule has 3 rings (SSSR count). The van der Waals surface area contributed by atoms with Crippen molar-refractivity contribution in [1.82, 2.24) is 25.9 Å². The van der Waals surface area contributed by atoms with E-state index in [2.05, 4.69) is 25.9 Å². The first-order chi connectivity index (χ1) is 14.8. The van der Waals surface area contributed by atoms with Crippen LogP contribution in [0, 0.1) is 0 Å². The number of urea groups is 1. The van der Waals surface area contributed by atoms with E-state index >= 15 is 0 Å². The van der Waals surface area contributed by atoms with Crippen molar-refractivity contribution in [3.05, 3.63) is 57.1 Å². The first kappa shape index (κ1) is 23.9. The van der Waals surface area contributed by atoms with Crippen LogP contribution in [0.25, 0.3) is 0 Å². The number of alkyl halides is 6. The van der Waals surface area contributed by atoms with Crippen molar-refractivity contribution in [3.63, 3.8) is 0 Å². The van der Waals surface area contributed by atoms with Gasteiger partial charge in [-0.05, 0) is 18.2 Å². The summed E-state index contributed by atoms with van der Waals surface area (Å²) in [6, 6.07) is -0.492. The second kappa shape index (κ2) is 8.62. The molecular weight excluding hydrogens is 491 g/mol. The zero-order valence-electron chi connectivity index (χ0n) is 15.4. The Morgan fingerprint density at radius 3 is 2.28 bits per heavy atom. The number of nitrogens with one attached hydrogen (secondary N) is 3. The van der Waals surface area contributed by atoms with Gasteiger partial charge in [-0.15, -0.1) is 0 Å². The van der Waals surface area contributed by atoms with E-state index in [0.717, 1.165) is 18.2 Å². The van der Waals surface area contributed by atoms with Gasteiger partial charge >= 0.3 is 18.4 Å². The van der Waals surface area contributed by atoms with Crippen molar-refractivity contribution < 1.29 is 35.9 Å². The van der Waals surface area contributed by atoms with Crippen molar-refractivity contribution in [1.29, 1.82) is 0 Å². The third kappa shape index (κ3) is 5.15. The van der Waals surface area contributed by atoms with Gasteiger partial charge in [0.1, 0.15) is 6.04 Å². The van der Waals surface area contributed by atoms with Gasteiger partial charge in [0.2, 0.25) is 5.91 Å².